The summed E-state index contributed by atoms with van der Waals surface area (Å²) in [4.78, 5) is 56.6. The van der Waals surface area contributed by atoms with Crippen LogP contribution in [0.25, 0.3) is 0 Å². The minimum absolute atomic E-state index is 0.0477. The Hall–Kier alpha value is -5.62. The number of carbonyl (C=O) groups is 4. The average Bonchev–Trinajstić information content (AvgIpc) is 3.99. The number of carbonyl (C=O) groups excluding carboxylic acids is 4. The number of hydrogen-bond donors (Lipinski definition) is 1. The van der Waals surface area contributed by atoms with E-state index in [4.69, 9.17) is 28.4 Å². The lowest BCUT2D eigenvalue weighted by molar-refractivity contribution is -0.329. The Bertz CT molecular complexity index is 2700. The molecule has 0 spiro atoms. The predicted molar refractivity (Wildman–Crippen MR) is 290 cm³/mol. The smallest absolute Gasteiger partial charge is 0.338 e. The molecule has 406 valence electrons. The standard InChI is InChI=1S/C65H80O11/c1-41(2)23-22-35-65(9,70)47-32-37-64(8)52(47)42(3)39-50-62(6)36-34-51(61(4,5)49(62)33-38-63(50,64)7)73-60-55(76-59(69)46-30-20-13-21-31-46)54(75-58(68)45-28-18-12-19-29-45)53(74-57(67)44-26-16-11-17-27-44)48(72-60)40-71-56(66)43-24-14-10-15-25-43/h10-21,23-31,42,47-55,60,70H,22,32-40H2,1-9H3/t42?,47?,48?,49?,50?,51?,52?,53?,54?,55?,60?,62?,63?,64-,65+/m1/s1. The predicted octanol–water partition coefficient (Wildman–Crippen LogP) is 13.1. The zero-order valence-corrected chi connectivity index (χ0v) is 46.1. The SMILES string of the molecule is CC(C)=CCC[C@](C)(O)C1CC[C@]2(C)C1C(C)CC1C3(C)CCC(OC4OC(COC(=O)c5ccccc5)C(OC(=O)c5ccccc5)C(OC(=O)c5ccccc5)C4OC(=O)c4ccccc4)C(C)(C)C3CCC12C. The van der Waals surface area contributed by atoms with Gasteiger partial charge in [0, 0.05) is 0 Å². The van der Waals surface area contributed by atoms with Crippen molar-refractivity contribution in [3.63, 3.8) is 0 Å². The fourth-order valence-corrected chi connectivity index (χ4v) is 15.8. The molecule has 13 unspecified atom stereocenters. The average molecular weight is 1040 g/mol. The third-order valence-corrected chi connectivity index (χ3v) is 19.7. The van der Waals surface area contributed by atoms with Gasteiger partial charge in [-0.3, -0.25) is 0 Å². The molecule has 9 rings (SSSR count). The van der Waals surface area contributed by atoms with Crippen LogP contribution in [-0.2, 0) is 28.4 Å². The van der Waals surface area contributed by atoms with Crippen LogP contribution in [0.5, 0.6) is 0 Å². The molecule has 15 atom stereocenters. The van der Waals surface area contributed by atoms with Crippen molar-refractivity contribution in [2.75, 3.05) is 6.61 Å². The number of aliphatic hydroxyl groups is 1. The van der Waals surface area contributed by atoms with Gasteiger partial charge in [-0.05, 0) is 178 Å². The van der Waals surface area contributed by atoms with Crippen molar-refractivity contribution in [1.29, 1.82) is 0 Å². The maximum atomic E-state index is 14.4. The Morgan fingerprint density at radius 1 is 0.632 bits per heavy atom. The quantitative estimate of drug-likeness (QED) is 0.0526. The molecule has 11 nitrogen and oxygen atoms in total. The number of ether oxygens (including phenoxy) is 6. The van der Waals surface area contributed by atoms with E-state index in [1.807, 2.05) is 0 Å². The monoisotopic (exact) mass is 1040 g/mol. The van der Waals surface area contributed by atoms with E-state index >= 15 is 0 Å². The van der Waals surface area contributed by atoms with Crippen molar-refractivity contribution < 1.29 is 52.7 Å². The van der Waals surface area contributed by atoms with E-state index in [0.717, 1.165) is 51.4 Å². The van der Waals surface area contributed by atoms with Crippen molar-refractivity contribution >= 4 is 23.9 Å². The first-order valence-corrected chi connectivity index (χ1v) is 27.8. The molecule has 4 aliphatic carbocycles. The highest BCUT2D eigenvalue weighted by Gasteiger charge is 2.71. The van der Waals surface area contributed by atoms with Gasteiger partial charge < -0.3 is 33.5 Å². The maximum Gasteiger partial charge on any atom is 0.338 e. The summed E-state index contributed by atoms with van der Waals surface area (Å²) in [6.45, 7) is 20.6. The molecule has 0 radical (unpaired) electrons. The van der Waals surface area contributed by atoms with Crippen LogP contribution in [0, 0.1) is 51.2 Å². The van der Waals surface area contributed by atoms with Crippen LogP contribution >= 0.6 is 0 Å². The van der Waals surface area contributed by atoms with E-state index in [0.29, 0.717) is 29.7 Å². The highest BCUT2D eigenvalue weighted by atomic mass is 16.7. The fraction of sp³-hybridized carbons (Fsp3) is 0.538. The summed E-state index contributed by atoms with van der Waals surface area (Å²) in [6.07, 6.45) is 3.19. The van der Waals surface area contributed by atoms with E-state index in [1.165, 1.54) is 5.57 Å². The topological polar surface area (TPSA) is 144 Å². The number of benzene rings is 4. The van der Waals surface area contributed by atoms with Crippen molar-refractivity contribution in [3.8, 4) is 0 Å². The summed E-state index contributed by atoms with van der Waals surface area (Å²) in [6, 6.07) is 33.8. The summed E-state index contributed by atoms with van der Waals surface area (Å²) < 4.78 is 39.4. The molecule has 0 bridgehead atoms. The summed E-state index contributed by atoms with van der Waals surface area (Å²) >= 11 is 0. The van der Waals surface area contributed by atoms with Gasteiger partial charge in [0.2, 0.25) is 0 Å². The van der Waals surface area contributed by atoms with Gasteiger partial charge in [-0.15, -0.1) is 0 Å². The Kier molecular flexibility index (Phi) is 16.0. The van der Waals surface area contributed by atoms with Gasteiger partial charge >= 0.3 is 23.9 Å². The normalized spacial score (nSPS) is 34.2. The molecule has 1 aliphatic heterocycles. The van der Waals surface area contributed by atoms with E-state index in [2.05, 4.69) is 68.4 Å². The highest BCUT2D eigenvalue weighted by Crippen LogP contribution is 2.77. The molecule has 5 fully saturated rings. The third-order valence-electron chi connectivity index (χ3n) is 19.7. The number of hydrogen-bond acceptors (Lipinski definition) is 11. The van der Waals surface area contributed by atoms with Crippen LogP contribution in [0.2, 0.25) is 0 Å². The van der Waals surface area contributed by atoms with Crippen molar-refractivity contribution in [1.82, 2.24) is 0 Å². The highest BCUT2D eigenvalue weighted by molar-refractivity contribution is 5.91. The molecule has 4 aromatic carbocycles. The lowest BCUT2D eigenvalue weighted by atomic mass is 9.34. The number of esters is 4. The first-order chi connectivity index (χ1) is 36.2. The summed E-state index contributed by atoms with van der Waals surface area (Å²) in [5, 5.41) is 12.3. The second kappa shape index (κ2) is 22.0. The first-order valence-electron chi connectivity index (χ1n) is 27.8. The van der Waals surface area contributed by atoms with Crippen LogP contribution in [-0.4, -0.2) is 78.0 Å². The van der Waals surface area contributed by atoms with Crippen molar-refractivity contribution in [2.24, 2.45) is 51.2 Å². The van der Waals surface area contributed by atoms with Gasteiger partial charge in [-0.1, -0.05) is 126 Å². The molecule has 1 N–H and O–H groups in total. The lowest BCUT2D eigenvalue weighted by Gasteiger charge is -2.71. The lowest BCUT2D eigenvalue weighted by Crippen LogP contribution is -2.67. The third kappa shape index (κ3) is 10.6. The van der Waals surface area contributed by atoms with Gasteiger partial charge in [0.1, 0.15) is 12.7 Å². The number of allylic oxidation sites excluding steroid dienone is 2. The van der Waals surface area contributed by atoms with Gasteiger partial charge in [-0.25, -0.2) is 19.2 Å². The minimum atomic E-state index is -1.51. The van der Waals surface area contributed by atoms with Gasteiger partial charge in [0.25, 0.3) is 0 Å². The molecule has 4 aromatic rings. The Labute approximate surface area is 450 Å². The largest absolute Gasteiger partial charge is 0.459 e. The minimum Gasteiger partial charge on any atom is -0.459 e. The molecule has 0 aromatic heterocycles. The molecule has 0 amide bonds. The molecule has 1 heterocycles. The van der Waals surface area contributed by atoms with Gasteiger partial charge in [0.15, 0.2) is 24.6 Å². The molecular formula is C65H80O11. The molecule has 11 heteroatoms. The van der Waals surface area contributed by atoms with Crippen LogP contribution in [0.4, 0.5) is 0 Å². The molecule has 5 aliphatic rings. The fourth-order valence-electron chi connectivity index (χ4n) is 15.8. The second-order valence-corrected chi connectivity index (χ2v) is 24.7. The van der Waals surface area contributed by atoms with Crippen LogP contribution < -0.4 is 0 Å². The Morgan fingerprint density at radius 2 is 1.12 bits per heavy atom. The van der Waals surface area contributed by atoms with E-state index < -0.39 is 78.3 Å². The maximum absolute atomic E-state index is 14.4. The van der Waals surface area contributed by atoms with Crippen molar-refractivity contribution in [3.05, 3.63) is 155 Å². The molecular weight excluding hydrogens is 957 g/mol. The van der Waals surface area contributed by atoms with Crippen LogP contribution in [0.3, 0.4) is 0 Å². The van der Waals surface area contributed by atoms with E-state index in [1.54, 1.807) is 121 Å². The molecule has 76 heavy (non-hydrogen) atoms. The first kappa shape index (κ1) is 55.1. The van der Waals surface area contributed by atoms with Gasteiger partial charge in [-0.2, -0.15) is 0 Å². The summed E-state index contributed by atoms with van der Waals surface area (Å²) in [7, 11) is 0. The number of rotatable bonds is 15. The summed E-state index contributed by atoms with van der Waals surface area (Å²) in [5.74, 6) is -1.13. The van der Waals surface area contributed by atoms with Crippen molar-refractivity contribution in [2.45, 2.75) is 163 Å². The zero-order chi connectivity index (χ0) is 54.2. The molecule has 1 saturated heterocycles. The summed E-state index contributed by atoms with van der Waals surface area (Å²) in [5.41, 5.74) is 1.13. The Morgan fingerprint density at radius 3 is 1.64 bits per heavy atom. The van der Waals surface area contributed by atoms with Crippen LogP contribution in [0.15, 0.2) is 133 Å². The number of fused-ring (bicyclic) bond motifs is 5. The van der Waals surface area contributed by atoms with E-state index in [-0.39, 0.29) is 44.8 Å². The van der Waals surface area contributed by atoms with E-state index in [9.17, 15) is 24.3 Å². The van der Waals surface area contributed by atoms with Crippen LogP contribution in [0.1, 0.15) is 162 Å². The van der Waals surface area contributed by atoms with Gasteiger partial charge in [0.05, 0.1) is 34.0 Å². The Balaban J connectivity index is 1.06. The second-order valence-electron chi connectivity index (χ2n) is 24.7. The zero-order valence-electron chi connectivity index (χ0n) is 46.1. The molecule has 4 saturated carbocycles.